The van der Waals surface area contributed by atoms with Crippen molar-refractivity contribution in [3.63, 3.8) is 0 Å². The Morgan fingerprint density at radius 3 is 2.65 bits per heavy atom. The van der Waals surface area contributed by atoms with Crippen molar-refractivity contribution >= 4 is 11.0 Å². The van der Waals surface area contributed by atoms with Crippen LogP contribution in [0.5, 0.6) is 5.75 Å². The molecule has 1 aromatic heterocycles. The third-order valence-corrected chi connectivity index (χ3v) is 3.24. The lowest BCUT2D eigenvalue weighted by Crippen LogP contribution is -2.17. The molecule has 0 spiro atoms. The van der Waals surface area contributed by atoms with E-state index in [1.807, 2.05) is 24.3 Å². The number of aromatic nitrogens is 2. The maximum absolute atomic E-state index is 13.9. The predicted octanol–water partition coefficient (Wildman–Crippen LogP) is 2.53. The van der Waals surface area contributed by atoms with Crippen molar-refractivity contribution in [2.75, 3.05) is 7.11 Å². The lowest BCUT2D eigenvalue weighted by Gasteiger charge is -2.05. The Labute approximate surface area is 114 Å². The van der Waals surface area contributed by atoms with Gasteiger partial charge in [0.25, 0.3) is 0 Å². The second-order valence-corrected chi connectivity index (χ2v) is 4.50. The molecule has 0 aliphatic heterocycles. The molecule has 102 valence electrons. The van der Waals surface area contributed by atoms with E-state index in [9.17, 15) is 9.18 Å². The molecule has 0 fully saturated rings. The molecule has 0 amide bonds. The average molecular weight is 272 g/mol. The lowest BCUT2D eigenvalue weighted by atomic mass is 10.2. The van der Waals surface area contributed by atoms with Gasteiger partial charge in [-0.1, -0.05) is 18.2 Å². The summed E-state index contributed by atoms with van der Waals surface area (Å²) in [6.45, 7) is 0.309. The number of halogens is 1. The summed E-state index contributed by atoms with van der Waals surface area (Å²) in [6.07, 6.45) is 0. The highest BCUT2D eigenvalue weighted by molar-refractivity contribution is 5.75. The van der Waals surface area contributed by atoms with Crippen molar-refractivity contribution in [2.24, 2.45) is 0 Å². The molecule has 0 unspecified atom stereocenters. The van der Waals surface area contributed by atoms with Crippen molar-refractivity contribution in [1.82, 2.24) is 9.55 Å². The Hall–Kier alpha value is -2.56. The zero-order valence-corrected chi connectivity index (χ0v) is 10.9. The van der Waals surface area contributed by atoms with E-state index in [0.717, 1.165) is 11.3 Å². The molecule has 0 atom stereocenters. The Bertz CT molecular complexity index is 803. The highest BCUT2D eigenvalue weighted by Crippen LogP contribution is 2.17. The molecule has 3 aromatic rings. The van der Waals surface area contributed by atoms with E-state index in [1.165, 1.54) is 10.6 Å². The summed E-state index contributed by atoms with van der Waals surface area (Å²) in [5.74, 6) is 0.334. The number of H-pyrrole nitrogens is 1. The highest BCUT2D eigenvalue weighted by Gasteiger charge is 2.11. The van der Waals surface area contributed by atoms with Crippen LogP contribution in [-0.2, 0) is 6.54 Å². The number of methoxy groups -OCH3 is 1. The molecule has 0 saturated carbocycles. The van der Waals surface area contributed by atoms with Crippen LogP contribution < -0.4 is 10.4 Å². The van der Waals surface area contributed by atoms with Gasteiger partial charge < -0.3 is 9.72 Å². The maximum atomic E-state index is 13.9. The van der Waals surface area contributed by atoms with Gasteiger partial charge in [-0.3, -0.25) is 4.57 Å². The first-order valence-corrected chi connectivity index (χ1v) is 6.19. The number of hydrogen-bond donors (Lipinski definition) is 1. The molecule has 4 nitrogen and oxygen atoms in total. The molecule has 0 aliphatic rings. The van der Waals surface area contributed by atoms with Gasteiger partial charge >= 0.3 is 5.69 Å². The minimum atomic E-state index is -0.408. The smallest absolute Gasteiger partial charge is 0.326 e. The second-order valence-electron chi connectivity index (χ2n) is 4.50. The second kappa shape index (κ2) is 4.85. The molecule has 0 radical (unpaired) electrons. The molecule has 0 aliphatic carbocycles. The summed E-state index contributed by atoms with van der Waals surface area (Å²) < 4.78 is 20.4. The van der Waals surface area contributed by atoms with Gasteiger partial charge in [0.15, 0.2) is 0 Å². The van der Waals surface area contributed by atoms with E-state index in [1.54, 1.807) is 19.2 Å². The average Bonchev–Trinajstić information content (AvgIpc) is 2.77. The minimum absolute atomic E-state index is 0.299. The largest absolute Gasteiger partial charge is 0.497 e. The molecule has 3 rings (SSSR count). The summed E-state index contributed by atoms with van der Waals surface area (Å²) in [6, 6.07) is 11.9. The number of para-hydroxylation sites is 1. The molecule has 1 N–H and O–H groups in total. The number of nitrogens with one attached hydrogen (secondary N) is 1. The number of hydrogen-bond acceptors (Lipinski definition) is 2. The summed E-state index contributed by atoms with van der Waals surface area (Å²) in [5.41, 5.74) is 1.38. The fraction of sp³-hybridized carbons (Fsp3) is 0.133. The van der Waals surface area contributed by atoms with Crippen molar-refractivity contribution in [3.05, 3.63) is 64.3 Å². The van der Waals surface area contributed by atoms with Crippen LogP contribution >= 0.6 is 0 Å². The first kappa shape index (κ1) is 12.5. The first-order chi connectivity index (χ1) is 9.69. The van der Waals surface area contributed by atoms with E-state index in [4.69, 9.17) is 4.74 Å². The van der Waals surface area contributed by atoms with Gasteiger partial charge in [0.05, 0.1) is 19.2 Å². The normalized spacial score (nSPS) is 10.9. The summed E-state index contributed by atoms with van der Waals surface area (Å²) in [4.78, 5) is 14.6. The zero-order valence-electron chi connectivity index (χ0n) is 10.9. The monoisotopic (exact) mass is 272 g/mol. The molecule has 5 heteroatoms. The third kappa shape index (κ3) is 2.07. The minimum Gasteiger partial charge on any atom is -0.497 e. The van der Waals surface area contributed by atoms with E-state index >= 15 is 0 Å². The van der Waals surface area contributed by atoms with Crippen LogP contribution in [0.15, 0.2) is 47.3 Å². The van der Waals surface area contributed by atoms with Crippen molar-refractivity contribution < 1.29 is 9.13 Å². The first-order valence-electron chi connectivity index (χ1n) is 6.19. The highest BCUT2D eigenvalue weighted by atomic mass is 19.1. The van der Waals surface area contributed by atoms with E-state index < -0.39 is 5.82 Å². The molecular formula is C15H13FN2O2. The standard InChI is InChI=1S/C15H13FN2O2/c1-20-11-7-5-10(6-8-11)9-18-14-12(16)3-2-4-13(14)17-15(18)19/h2-8H,9H2,1H3,(H,17,19). The third-order valence-electron chi connectivity index (χ3n) is 3.24. The van der Waals surface area contributed by atoms with Gasteiger partial charge in [0, 0.05) is 0 Å². The fourth-order valence-corrected chi connectivity index (χ4v) is 2.24. The molecular weight excluding hydrogens is 259 g/mol. The SMILES string of the molecule is COc1ccc(Cn2c(=O)[nH]c3cccc(F)c32)cc1. The summed E-state index contributed by atoms with van der Waals surface area (Å²) >= 11 is 0. The zero-order chi connectivity index (χ0) is 14.1. The Morgan fingerprint density at radius 2 is 1.95 bits per heavy atom. The van der Waals surface area contributed by atoms with Crippen molar-refractivity contribution in [1.29, 1.82) is 0 Å². The molecule has 0 saturated heterocycles. The van der Waals surface area contributed by atoms with Crippen molar-refractivity contribution in [3.8, 4) is 5.75 Å². The van der Waals surface area contributed by atoms with Crippen LogP contribution in [-0.4, -0.2) is 16.7 Å². The van der Waals surface area contributed by atoms with Crippen LogP contribution in [0.4, 0.5) is 4.39 Å². The fourth-order valence-electron chi connectivity index (χ4n) is 2.24. The summed E-state index contributed by atoms with van der Waals surface area (Å²) in [7, 11) is 1.59. The number of imidazole rings is 1. The van der Waals surface area contributed by atoms with Gasteiger partial charge in [-0.25, -0.2) is 9.18 Å². The topological polar surface area (TPSA) is 47.0 Å². The molecule has 20 heavy (non-hydrogen) atoms. The van der Waals surface area contributed by atoms with Crippen molar-refractivity contribution in [2.45, 2.75) is 6.54 Å². The Kier molecular flexibility index (Phi) is 3.02. The molecule has 2 aromatic carbocycles. The van der Waals surface area contributed by atoms with Gasteiger partial charge in [-0.05, 0) is 29.8 Å². The molecule has 1 heterocycles. The van der Waals surface area contributed by atoms with Crippen LogP contribution in [0.3, 0.4) is 0 Å². The number of benzene rings is 2. The quantitative estimate of drug-likeness (QED) is 0.796. The Morgan fingerprint density at radius 1 is 1.20 bits per heavy atom. The van der Waals surface area contributed by atoms with Gasteiger partial charge in [-0.2, -0.15) is 0 Å². The van der Waals surface area contributed by atoms with E-state index in [0.29, 0.717) is 17.6 Å². The Balaban J connectivity index is 2.05. The lowest BCUT2D eigenvalue weighted by molar-refractivity contribution is 0.414. The van der Waals surface area contributed by atoms with Crippen LogP contribution in [0, 0.1) is 5.82 Å². The van der Waals surface area contributed by atoms with Gasteiger partial charge in [0.1, 0.15) is 17.1 Å². The van der Waals surface area contributed by atoms with Crippen LogP contribution in [0.2, 0.25) is 0 Å². The predicted molar refractivity (Wildman–Crippen MR) is 74.6 cm³/mol. The molecule has 0 bridgehead atoms. The van der Waals surface area contributed by atoms with Crippen LogP contribution in [0.25, 0.3) is 11.0 Å². The van der Waals surface area contributed by atoms with Gasteiger partial charge in [0.2, 0.25) is 0 Å². The summed E-state index contributed by atoms with van der Waals surface area (Å²) in [5, 5.41) is 0. The number of fused-ring (bicyclic) bond motifs is 1. The maximum Gasteiger partial charge on any atom is 0.326 e. The number of ether oxygens (including phenoxy) is 1. The van der Waals surface area contributed by atoms with E-state index in [-0.39, 0.29) is 5.69 Å². The van der Waals surface area contributed by atoms with Gasteiger partial charge in [-0.15, -0.1) is 0 Å². The van der Waals surface area contributed by atoms with E-state index in [2.05, 4.69) is 4.98 Å². The van der Waals surface area contributed by atoms with Crippen LogP contribution in [0.1, 0.15) is 5.56 Å². The number of aromatic amines is 1. The number of rotatable bonds is 3. The number of nitrogens with zero attached hydrogens (tertiary/aromatic N) is 1.